The molecule has 0 aromatic carbocycles. The van der Waals surface area contributed by atoms with Crippen molar-refractivity contribution in [1.82, 2.24) is 9.80 Å². The summed E-state index contributed by atoms with van der Waals surface area (Å²) in [4.78, 5) is 5.24. The first kappa shape index (κ1) is 14.3. The lowest BCUT2D eigenvalue weighted by atomic mass is 9.87. The average molecular weight is 254 g/mol. The molecule has 0 spiro atoms. The van der Waals surface area contributed by atoms with Gasteiger partial charge in [-0.15, -0.1) is 0 Å². The maximum atomic E-state index is 5.73. The lowest BCUT2D eigenvalue weighted by molar-refractivity contribution is 0.0182. The fourth-order valence-corrected chi connectivity index (χ4v) is 3.37. The summed E-state index contributed by atoms with van der Waals surface area (Å²) in [5, 5.41) is 0. The van der Waals surface area contributed by atoms with Crippen LogP contribution in [0.2, 0.25) is 0 Å². The van der Waals surface area contributed by atoms with E-state index in [1.807, 2.05) is 0 Å². The fraction of sp³-hybridized carbons (Fsp3) is 1.00. The molecule has 3 heteroatoms. The van der Waals surface area contributed by atoms with Gasteiger partial charge in [-0.3, -0.25) is 0 Å². The van der Waals surface area contributed by atoms with Crippen molar-refractivity contribution in [3.8, 4) is 0 Å². The van der Waals surface area contributed by atoms with E-state index in [4.69, 9.17) is 4.74 Å². The van der Waals surface area contributed by atoms with Crippen LogP contribution >= 0.6 is 0 Å². The molecule has 1 saturated heterocycles. The van der Waals surface area contributed by atoms with Gasteiger partial charge in [-0.1, -0.05) is 6.92 Å². The highest BCUT2D eigenvalue weighted by atomic mass is 16.5. The van der Waals surface area contributed by atoms with E-state index in [-0.39, 0.29) is 0 Å². The summed E-state index contributed by atoms with van der Waals surface area (Å²) in [5.41, 5.74) is 0. The van der Waals surface area contributed by atoms with E-state index in [1.165, 1.54) is 65.0 Å². The largest absolute Gasteiger partial charge is 0.379 e. The van der Waals surface area contributed by atoms with Crippen molar-refractivity contribution < 1.29 is 4.74 Å². The molecule has 106 valence electrons. The van der Waals surface area contributed by atoms with Crippen LogP contribution in [0.1, 0.15) is 39.5 Å². The fourth-order valence-electron chi connectivity index (χ4n) is 3.37. The third kappa shape index (κ3) is 4.22. The van der Waals surface area contributed by atoms with Crippen molar-refractivity contribution in [2.24, 2.45) is 5.92 Å². The molecule has 1 heterocycles. The Balaban J connectivity index is 1.63. The minimum absolute atomic E-state index is 0.559. The van der Waals surface area contributed by atoms with Crippen molar-refractivity contribution in [3.05, 3.63) is 0 Å². The van der Waals surface area contributed by atoms with Crippen LogP contribution in [0.4, 0.5) is 0 Å². The Morgan fingerprint density at radius 1 is 0.889 bits per heavy atom. The zero-order valence-corrected chi connectivity index (χ0v) is 12.2. The molecule has 0 atom stereocenters. The molecule has 1 saturated carbocycles. The molecule has 2 aliphatic rings. The molecule has 3 nitrogen and oxygen atoms in total. The Labute approximate surface area is 112 Å². The van der Waals surface area contributed by atoms with Gasteiger partial charge in [0.2, 0.25) is 0 Å². The molecule has 0 bridgehead atoms. The molecular weight excluding hydrogens is 224 g/mol. The topological polar surface area (TPSA) is 15.7 Å². The van der Waals surface area contributed by atoms with Crippen molar-refractivity contribution in [2.75, 3.05) is 45.9 Å². The number of ether oxygens (including phenoxy) is 1. The molecule has 0 amide bonds. The number of rotatable bonds is 5. The van der Waals surface area contributed by atoms with Crippen LogP contribution in [-0.4, -0.2) is 61.8 Å². The van der Waals surface area contributed by atoms with Crippen LogP contribution in [0.5, 0.6) is 0 Å². The third-order valence-electron chi connectivity index (χ3n) is 4.62. The molecule has 0 unspecified atom stereocenters. The van der Waals surface area contributed by atoms with E-state index in [1.54, 1.807) is 0 Å². The zero-order valence-electron chi connectivity index (χ0n) is 12.2. The van der Waals surface area contributed by atoms with Gasteiger partial charge in [-0.2, -0.15) is 0 Å². The normalized spacial score (nSPS) is 31.7. The second-order valence-electron chi connectivity index (χ2n) is 5.83. The molecule has 2 fully saturated rings. The maximum Gasteiger partial charge on any atom is 0.0575 e. The lowest BCUT2D eigenvalue weighted by Crippen LogP contribution is -2.47. The average Bonchev–Trinajstić information content (AvgIpc) is 2.42. The smallest absolute Gasteiger partial charge is 0.0575 e. The van der Waals surface area contributed by atoms with Gasteiger partial charge in [0, 0.05) is 39.3 Å². The summed E-state index contributed by atoms with van der Waals surface area (Å²) in [7, 11) is 0. The predicted molar refractivity (Wildman–Crippen MR) is 75.9 cm³/mol. The minimum atomic E-state index is 0.559. The van der Waals surface area contributed by atoms with Crippen molar-refractivity contribution in [1.29, 1.82) is 0 Å². The van der Waals surface area contributed by atoms with Crippen LogP contribution in [0.3, 0.4) is 0 Å². The van der Waals surface area contributed by atoms with Gasteiger partial charge in [0.1, 0.15) is 0 Å². The Hall–Kier alpha value is -0.120. The summed E-state index contributed by atoms with van der Waals surface area (Å²) in [6, 6.07) is 0. The summed E-state index contributed by atoms with van der Waals surface area (Å²) in [6.07, 6.45) is 5.88. The number of hydrogen-bond donors (Lipinski definition) is 0. The van der Waals surface area contributed by atoms with E-state index < -0.39 is 0 Å². The standard InChI is InChI=1S/C15H30N2O/c1-3-16-9-11-17(12-10-16)13-14-5-7-15(8-6-14)18-4-2/h14-15H,3-13H2,1-2H3. The van der Waals surface area contributed by atoms with Crippen LogP contribution in [0.15, 0.2) is 0 Å². The number of nitrogens with zero attached hydrogens (tertiary/aromatic N) is 2. The van der Waals surface area contributed by atoms with Gasteiger partial charge in [-0.05, 0) is 45.1 Å². The highest BCUT2D eigenvalue weighted by Gasteiger charge is 2.24. The van der Waals surface area contributed by atoms with Crippen LogP contribution < -0.4 is 0 Å². The van der Waals surface area contributed by atoms with Crippen molar-refractivity contribution in [3.63, 3.8) is 0 Å². The van der Waals surface area contributed by atoms with Gasteiger partial charge >= 0.3 is 0 Å². The quantitative estimate of drug-likeness (QED) is 0.748. The highest BCUT2D eigenvalue weighted by molar-refractivity contribution is 4.78. The molecule has 18 heavy (non-hydrogen) atoms. The van der Waals surface area contributed by atoms with Gasteiger partial charge in [-0.25, -0.2) is 0 Å². The highest BCUT2D eigenvalue weighted by Crippen LogP contribution is 2.27. The van der Waals surface area contributed by atoms with E-state index in [0.29, 0.717) is 6.10 Å². The number of hydrogen-bond acceptors (Lipinski definition) is 3. The molecule has 1 aliphatic carbocycles. The molecule has 0 N–H and O–H groups in total. The lowest BCUT2D eigenvalue weighted by Gasteiger charge is -2.37. The summed E-state index contributed by atoms with van der Waals surface area (Å²) in [6.45, 7) is 12.9. The molecule has 0 aromatic heterocycles. The maximum absolute atomic E-state index is 5.73. The summed E-state index contributed by atoms with van der Waals surface area (Å²) in [5.74, 6) is 0.926. The summed E-state index contributed by atoms with van der Waals surface area (Å²) < 4.78 is 5.73. The first-order valence-corrected chi connectivity index (χ1v) is 7.88. The Morgan fingerprint density at radius 3 is 2.06 bits per heavy atom. The van der Waals surface area contributed by atoms with Crippen LogP contribution in [0, 0.1) is 5.92 Å². The zero-order chi connectivity index (χ0) is 12.8. The second-order valence-corrected chi connectivity index (χ2v) is 5.83. The Kier molecular flexibility index (Phi) is 5.93. The minimum Gasteiger partial charge on any atom is -0.379 e. The molecule has 0 radical (unpaired) electrons. The third-order valence-corrected chi connectivity index (χ3v) is 4.62. The number of piperazine rings is 1. The first-order valence-electron chi connectivity index (χ1n) is 7.88. The molecule has 2 rings (SSSR count). The second kappa shape index (κ2) is 7.46. The Morgan fingerprint density at radius 2 is 1.50 bits per heavy atom. The monoisotopic (exact) mass is 254 g/mol. The number of likely N-dealkylation sites (N-methyl/N-ethyl adjacent to an activating group) is 1. The van der Waals surface area contributed by atoms with Crippen molar-refractivity contribution in [2.45, 2.75) is 45.6 Å². The van der Waals surface area contributed by atoms with E-state index in [2.05, 4.69) is 23.6 Å². The molecule has 1 aliphatic heterocycles. The van der Waals surface area contributed by atoms with Gasteiger partial charge < -0.3 is 14.5 Å². The Bertz CT molecular complexity index is 219. The first-order chi connectivity index (χ1) is 8.81. The van der Waals surface area contributed by atoms with E-state index in [9.17, 15) is 0 Å². The molecule has 0 aromatic rings. The predicted octanol–water partition coefficient (Wildman–Crippen LogP) is 2.22. The van der Waals surface area contributed by atoms with E-state index in [0.717, 1.165) is 12.5 Å². The van der Waals surface area contributed by atoms with Crippen LogP contribution in [0.25, 0.3) is 0 Å². The van der Waals surface area contributed by atoms with E-state index >= 15 is 0 Å². The van der Waals surface area contributed by atoms with Gasteiger partial charge in [0.15, 0.2) is 0 Å². The van der Waals surface area contributed by atoms with Gasteiger partial charge in [0.05, 0.1) is 6.10 Å². The van der Waals surface area contributed by atoms with Crippen LogP contribution in [-0.2, 0) is 4.74 Å². The summed E-state index contributed by atoms with van der Waals surface area (Å²) >= 11 is 0. The van der Waals surface area contributed by atoms with Gasteiger partial charge in [0.25, 0.3) is 0 Å². The van der Waals surface area contributed by atoms with Crippen molar-refractivity contribution >= 4 is 0 Å². The SMILES string of the molecule is CCOC1CCC(CN2CCN(CC)CC2)CC1. The molecular formula is C15H30N2O.